The summed E-state index contributed by atoms with van der Waals surface area (Å²) in [7, 11) is 2.60. The first-order valence-corrected chi connectivity index (χ1v) is 6.99. The second-order valence-electron chi connectivity index (χ2n) is 4.59. The molecule has 0 atom stereocenters. The quantitative estimate of drug-likeness (QED) is 0.440. The minimum absolute atomic E-state index is 0.00643. The van der Waals surface area contributed by atoms with Crippen molar-refractivity contribution < 1.29 is 19.1 Å². The highest BCUT2D eigenvalue weighted by Gasteiger charge is 2.13. The van der Waals surface area contributed by atoms with Gasteiger partial charge in [-0.15, -0.1) is 0 Å². The zero-order valence-electron chi connectivity index (χ0n) is 13.2. The molecule has 0 saturated heterocycles. The van der Waals surface area contributed by atoms with Crippen LogP contribution in [0.25, 0.3) is 0 Å². The Balaban J connectivity index is 2.73. The molecule has 5 heteroatoms. The lowest BCUT2D eigenvalue weighted by atomic mass is 10.1. The molecule has 1 aromatic carbocycles. The average molecular weight is 303 g/mol. The van der Waals surface area contributed by atoms with Gasteiger partial charge in [0.2, 0.25) is 0 Å². The van der Waals surface area contributed by atoms with Gasteiger partial charge in [0.05, 0.1) is 26.2 Å². The number of aliphatic imine (C=N–C) groups is 1. The Morgan fingerprint density at radius 3 is 2.41 bits per heavy atom. The molecule has 22 heavy (non-hydrogen) atoms. The van der Waals surface area contributed by atoms with Gasteiger partial charge in [0.1, 0.15) is 0 Å². The normalized spacial score (nSPS) is 12.0. The second kappa shape index (κ2) is 9.50. The largest absolute Gasteiger partial charge is 0.469 e. The standard InChI is InChI=1S/C17H21NO4/c1-13(18-12-11-14-7-5-4-6-8-14)15(17(20)22-3)9-10-16(19)21-2/h4-9H,10-12H2,1-3H3. The molecule has 1 aromatic rings. The zero-order valence-corrected chi connectivity index (χ0v) is 13.2. The molecule has 5 nitrogen and oxygen atoms in total. The number of nitrogens with zero attached hydrogens (tertiary/aromatic N) is 1. The smallest absolute Gasteiger partial charge is 0.339 e. The van der Waals surface area contributed by atoms with Crippen LogP contribution in [0.15, 0.2) is 47.0 Å². The van der Waals surface area contributed by atoms with Crippen molar-refractivity contribution in [1.82, 2.24) is 0 Å². The maximum Gasteiger partial charge on any atom is 0.339 e. The Bertz CT molecular complexity index is 561. The summed E-state index contributed by atoms with van der Waals surface area (Å²) >= 11 is 0. The highest BCUT2D eigenvalue weighted by Crippen LogP contribution is 2.06. The average Bonchev–Trinajstić information content (AvgIpc) is 2.55. The summed E-state index contributed by atoms with van der Waals surface area (Å²) < 4.78 is 9.28. The fourth-order valence-corrected chi connectivity index (χ4v) is 1.84. The molecule has 0 aliphatic heterocycles. The fourth-order valence-electron chi connectivity index (χ4n) is 1.84. The van der Waals surface area contributed by atoms with Crippen molar-refractivity contribution in [2.75, 3.05) is 20.8 Å². The number of carbonyl (C=O) groups is 2. The van der Waals surface area contributed by atoms with Gasteiger partial charge in [0.15, 0.2) is 0 Å². The van der Waals surface area contributed by atoms with Crippen LogP contribution >= 0.6 is 0 Å². The van der Waals surface area contributed by atoms with Crippen LogP contribution in [0.3, 0.4) is 0 Å². The summed E-state index contributed by atoms with van der Waals surface area (Å²) in [4.78, 5) is 27.3. The molecule has 0 spiro atoms. The molecule has 0 unspecified atom stereocenters. The first-order valence-electron chi connectivity index (χ1n) is 6.99. The fraction of sp³-hybridized carbons (Fsp3) is 0.353. The van der Waals surface area contributed by atoms with Crippen LogP contribution in [-0.2, 0) is 25.5 Å². The van der Waals surface area contributed by atoms with Crippen LogP contribution in [0, 0.1) is 0 Å². The van der Waals surface area contributed by atoms with Gasteiger partial charge >= 0.3 is 11.9 Å². The van der Waals surface area contributed by atoms with Crippen LogP contribution in [0.2, 0.25) is 0 Å². The molecule has 118 valence electrons. The molecule has 0 heterocycles. The Kier molecular flexibility index (Phi) is 7.61. The van der Waals surface area contributed by atoms with Crippen LogP contribution < -0.4 is 0 Å². The van der Waals surface area contributed by atoms with E-state index < -0.39 is 11.9 Å². The Hall–Kier alpha value is -2.43. The number of ether oxygens (including phenoxy) is 2. The van der Waals surface area contributed by atoms with Gasteiger partial charge in [0.25, 0.3) is 0 Å². The summed E-state index contributed by atoms with van der Waals surface area (Å²) in [5, 5.41) is 0. The maximum absolute atomic E-state index is 11.8. The summed E-state index contributed by atoms with van der Waals surface area (Å²) in [6.45, 7) is 2.29. The monoisotopic (exact) mass is 303 g/mol. The third kappa shape index (κ3) is 5.91. The number of benzene rings is 1. The first-order chi connectivity index (χ1) is 10.6. The predicted octanol–water partition coefficient (Wildman–Crippen LogP) is 2.35. The summed E-state index contributed by atoms with van der Waals surface area (Å²) in [5.41, 5.74) is 2.02. The molecule has 0 radical (unpaired) electrons. The number of hydrogen-bond acceptors (Lipinski definition) is 5. The van der Waals surface area contributed by atoms with E-state index in [9.17, 15) is 9.59 Å². The topological polar surface area (TPSA) is 65.0 Å². The minimum atomic E-state index is -0.509. The Morgan fingerprint density at radius 2 is 1.82 bits per heavy atom. The van der Waals surface area contributed by atoms with E-state index in [2.05, 4.69) is 9.73 Å². The number of methoxy groups -OCH3 is 2. The Morgan fingerprint density at radius 1 is 1.14 bits per heavy atom. The molecule has 0 aromatic heterocycles. The molecule has 0 saturated carbocycles. The maximum atomic E-state index is 11.8. The zero-order chi connectivity index (χ0) is 16.4. The van der Waals surface area contributed by atoms with Crippen molar-refractivity contribution in [1.29, 1.82) is 0 Å². The highest BCUT2D eigenvalue weighted by atomic mass is 16.5. The second-order valence-corrected chi connectivity index (χ2v) is 4.59. The van der Waals surface area contributed by atoms with Crippen molar-refractivity contribution in [3.8, 4) is 0 Å². The van der Waals surface area contributed by atoms with E-state index in [-0.39, 0.29) is 6.42 Å². The number of esters is 2. The summed E-state index contributed by atoms with van der Waals surface area (Å²) in [6, 6.07) is 9.96. The molecule has 0 amide bonds. The van der Waals surface area contributed by atoms with Crippen molar-refractivity contribution in [2.45, 2.75) is 19.8 Å². The molecule has 0 aliphatic rings. The SMILES string of the molecule is COC(=O)CC=C(C(=O)OC)C(C)=NCCc1ccccc1. The van der Waals surface area contributed by atoms with Gasteiger partial charge in [-0.05, 0) is 18.9 Å². The summed E-state index contributed by atoms with van der Waals surface area (Å²) in [5.74, 6) is -0.927. The van der Waals surface area contributed by atoms with Crippen molar-refractivity contribution in [3.63, 3.8) is 0 Å². The van der Waals surface area contributed by atoms with E-state index in [1.54, 1.807) is 6.92 Å². The summed E-state index contributed by atoms with van der Waals surface area (Å²) in [6.07, 6.45) is 2.27. The van der Waals surface area contributed by atoms with Crippen LogP contribution in [-0.4, -0.2) is 38.4 Å². The van der Waals surface area contributed by atoms with Gasteiger partial charge in [-0.25, -0.2) is 4.79 Å². The highest BCUT2D eigenvalue weighted by molar-refractivity contribution is 6.19. The third-order valence-corrected chi connectivity index (χ3v) is 3.09. The molecule has 0 bridgehead atoms. The lowest BCUT2D eigenvalue weighted by Gasteiger charge is -2.06. The van der Waals surface area contributed by atoms with Gasteiger partial charge in [-0.1, -0.05) is 36.4 Å². The van der Waals surface area contributed by atoms with Crippen molar-refractivity contribution in [2.24, 2.45) is 4.99 Å². The van der Waals surface area contributed by atoms with E-state index in [0.29, 0.717) is 17.8 Å². The lowest BCUT2D eigenvalue weighted by Crippen LogP contribution is -2.14. The van der Waals surface area contributed by atoms with Crippen LogP contribution in [0.5, 0.6) is 0 Å². The molecule has 0 aliphatic carbocycles. The molecule has 0 fully saturated rings. The molecule has 1 rings (SSSR count). The van der Waals surface area contributed by atoms with Gasteiger partial charge < -0.3 is 9.47 Å². The van der Waals surface area contributed by atoms with Crippen molar-refractivity contribution in [3.05, 3.63) is 47.5 Å². The molecule has 0 N–H and O–H groups in total. The number of hydrogen-bond donors (Lipinski definition) is 0. The van der Waals surface area contributed by atoms with Gasteiger partial charge in [0, 0.05) is 12.3 Å². The van der Waals surface area contributed by atoms with E-state index in [1.165, 1.54) is 25.9 Å². The van der Waals surface area contributed by atoms with E-state index in [4.69, 9.17) is 4.74 Å². The lowest BCUT2D eigenvalue weighted by molar-refractivity contribution is -0.139. The Labute approximate surface area is 130 Å². The van der Waals surface area contributed by atoms with Gasteiger partial charge in [-0.2, -0.15) is 0 Å². The van der Waals surface area contributed by atoms with E-state index in [0.717, 1.165) is 6.42 Å². The first kappa shape index (κ1) is 17.6. The minimum Gasteiger partial charge on any atom is -0.469 e. The van der Waals surface area contributed by atoms with Crippen LogP contribution in [0.4, 0.5) is 0 Å². The van der Waals surface area contributed by atoms with Crippen molar-refractivity contribution >= 4 is 17.7 Å². The predicted molar refractivity (Wildman–Crippen MR) is 84.9 cm³/mol. The molecular formula is C17H21NO4. The van der Waals surface area contributed by atoms with Gasteiger partial charge in [-0.3, -0.25) is 9.79 Å². The third-order valence-electron chi connectivity index (χ3n) is 3.09. The number of carbonyl (C=O) groups excluding carboxylic acids is 2. The molecular weight excluding hydrogens is 282 g/mol. The number of rotatable bonds is 7. The van der Waals surface area contributed by atoms with E-state index in [1.807, 2.05) is 30.3 Å². The van der Waals surface area contributed by atoms with E-state index >= 15 is 0 Å². The van der Waals surface area contributed by atoms with Crippen LogP contribution in [0.1, 0.15) is 18.9 Å².